The van der Waals surface area contributed by atoms with Gasteiger partial charge < -0.3 is 10.1 Å². The minimum absolute atomic E-state index is 0.315. The fraction of sp³-hybridized carbons (Fsp3) is 0.294. The second-order valence-electron chi connectivity index (χ2n) is 5.01. The maximum atomic E-state index is 13.7. The molecule has 2 rings (SSSR count). The molecule has 0 radical (unpaired) electrons. The van der Waals surface area contributed by atoms with Crippen LogP contribution in [0.25, 0.3) is 0 Å². The quantitative estimate of drug-likeness (QED) is 0.751. The molecule has 0 fully saturated rings. The molecular formula is C17H19ClFNO. The average molecular weight is 308 g/mol. The van der Waals surface area contributed by atoms with E-state index >= 15 is 0 Å². The van der Waals surface area contributed by atoms with Gasteiger partial charge in [0.05, 0.1) is 5.02 Å². The summed E-state index contributed by atoms with van der Waals surface area (Å²) in [6.07, 6.45) is 1.04. The minimum atomic E-state index is -0.315. The molecule has 2 aromatic rings. The zero-order chi connectivity index (χ0) is 15.2. The number of nitrogens with one attached hydrogen (secondary N) is 1. The SMILES string of the molecule is CCCNCc1cc(F)cc(Oc2cc(C)ccc2Cl)c1. The molecule has 0 amide bonds. The summed E-state index contributed by atoms with van der Waals surface area (Å²) in [4.78, 5) is 0. The third kappa shape index (κ3) is 4.73. The monoisotopic (exact) mass is 307 g/mol. The lowest BCUT2D eigenvalue weighted by Crippen LogP contribution is -2.13. The lowest BCUT2D eigenvalue weighted by Gasteiger charge is -2.11. The Labute approximate surface area is 129 Å². The summed E-state index contributed by atoms with van der Waals surface area (Å²) in [5, 5.41) is 3.75. The Kier molecular flexibility index (Phi) is 5.59. The van der Waals surface area contributed by atoms with E-state index in [-0.39, 0.29) is 5.82 Å². The number of rotatable bonds is 6. The molecule has 1 N–H and O–H groups in total. The van der Waals surface area contributed by atoms with Gasteiger partial charge in [0.25, 0.3) is 0 Å². The van der Waals surface area contributed by atoms with Gasteiger partial charge in [-0.3, -0.25) is 0 Å². The van der Waals surface area contributed by atoms with E-state index < -0.39 is 0 Å². The Morgan fingerprint density at radius 1 is 1.19 bits per heavy atom. The molecule has 0 atom stereocenters. The highest BCUT2D eigenvalue weighted by Crippen LogP contribution is 2.31. The second-order valence-corrected chi connectivity index (χ2v) is 5.42. The van der Waals surface area contributed by atoms with Crippen molar-refractivity contribution in [3.8, 4) is 11.5 Å². The summed E-state index contributed by atoms with van der Waals surface area (Å²) in [5.41, 5.74) is 1.89. The molecule has 2 aromatic carbocycles. The van der Waals surface area contributed by atoms with Crippen LogP contribution in [0.5, 0.6) is 11.5 Å². The molecule has 0 saturated carbocycles. The number of halogens is 2. The fourth-order valence-electron chi connectivity index (χ4n) is 2.01. The molecule has 0 aliphatic heterocycles. The van der Waals surface area contributed by atoms with E-state index in [1.807, 2.05) is 25.1 Å². The van der Waals surface area contributed by atoms with Crippen molar-refractivity contribution in [3.05, 3.63) is 58.4 Å². The number of ether oxygens (including phenoxy) is 1. The maximum Gasteiger partial charge on any atom is 0.146 e. The molecule has 0 bridgehead atoms. The Bertz CT molecular complexity index is 616. The van der Waals surface area contributed by atoms with Gasteiger partial charge in [0.15, 0.2) is 0 Å². The second kappa shape index (κ2) is 7.43. The first-order valence-corrected chi connectivity index (χ1v) is 7.40. The van der Waals surface area contributed by atoms with Crippen molar-refractivity contribution in [2.24, 2.45) is 0 Å². The van der Waals surface area contributed by atoms with Crippen LogP contribution in [0.4, 0.5) is 4.39 Å². The van der Waals surface area contributed by atoms with E-state index in [2.05, 4.69) is 12.2 Å². The first-order chi connectivity index (χ1) is 10.1. The van der Waals surface area contributed by atoms with Crippen molar-refractivity contribution in [2.75, 3.05) is 6.54 Å². The Morgan fingerprint density at radius 2 is 2.00 bits per heavy atom. The van der Waals surface area contributed by atoms with Crippen LogP contribution in [-0.4, -0.2) is 6.54 Å². The van der Waals surface area contributed by atoms with E-state index in [1.165, 1.54) is 12.1 Å². The summed E-state index contributed by atoms with van der Waals surface area (Å²) in [5.74, 6) is 0.676. The number of benzene rings is 2. The van der Waals surface area contributed by atoms with Gasteiger partial charge in [-0.2, -0.15) is 0 Å². The molecule has 0 spiro atoms. The lowest BCUT2D eigenvalue weighted by molar-refractivity contribution is 0.475. The third-order valence-corrected chi connectivity index (χ3v) is 3.31. The standard InChI is InChI=1S/C17H19ClFNO/c1-3-6-20-11-13-8-14(19)10-15(9-13)21-17-7-12(2)4-5-16(17)18/h4-5,7-10,20H,3,6,11H2,1-2H3. The van der Waals surface area contributed by atoms with Crippen LogP contribution in [0.3, 0.4) is 0 Å². The zero-order valence-corrected chi connectivity index (χ0v) is 13.0. The third-order valence-electron chi connectivity index (χ3n) is 3.00. The molecule has 0 heterocycles. The molecule has 0 saturated heterocycles. The summed E-state index contributed by atoms with van der Waals surface area (Å²) in [6.45, 7) is 5.56. The van der Waals surface area contributed by atoms with Crippen LogP contribution >= 0.6 is 11.6 Å². The van der Waals surface area contributed by atoms with Crippen LogP contribution in [0.15, 0.2) is 36.4 Å². The summed E-state index contributed by atoms with van der Waals surface area (Å²) in [6, 6.07) is 10.2. The van der Waals surface area contributed by atoms with Gasteiger partial charge in [0, 0.05) is 12.6 Å². The molecule has 21 heavy (non-hydrogen) atoms. The lowest BCUT2D eigenvalue weighted by atomic mass is 10.2. The first-order valence-electron chi connectivity index (χ1n) is 7.02. The van der Waals surface area contributed by atoms with Gasteiger partial charge in [-0.1, -0.05) is 24.6 Å². The molecule has 0 aliphatic rings. The van der Waals surface area contributed by atoms with E-state index in [0.29, 0.717) is 23.1 Å². The highest BCUT2D eigenvalue weighted by molar-refractivity contribution is 6.32. The normalized spacial score (nSPS) is 10.7. The number of aryl methyl sites for hydroxylation is 1. The Hall–Kier alpha value is -1.58. The van der Waals surface area contributed by atoms with Crippen molar-refractivity contribution in [2.45, 2.75) is 26.8 Å². The Balaban J connectivity index is 2.17. The largest absolute Gasteiger partial charge is 0.456 e. The van der Waals surface area contributed by atoms with Crippen LogP contribution in [0, 0.1) is 12.7 Å². The zero-order valence-electron chi connectivity index (χ0n) is 12.2. The highest BCUT2D eigenvalue weighted by Gasteiger charge is 2.06. The van der Waals surface area contributed by atoms with E-state index in [1.54, 1.807) is 6.07 Å². The first kappa shape index (κ1) is 15.8. The van der Waals surface area contributed by atoms with Crippen molar-refractivity contribution in [1.82, 2.24) is 5.32 Å². The maximum absolute atomic E-state index is 13.7. The molecule has 2 nitrogen and oxygen atoms in total. The van der Waals surface area contributed by atoms with E-state index in [4.69, 9.17) is 16.3 Å². The summed E-state index contributed by atoms with van der Waals surface area (Å²) in [7, 11) is 0. The van der Waals surface area contributed by atoms with Gasteiger partial charge in [-0.05, 0) is 55.3 Å². The van der Waals surface area contributed by atoms with Crippen molar-refractivity contribution >= 4 is 11.6 Å². The predicted molar refractivity (Wildman–Crippen MR) is 84.7 cm³/mol. The minimum Gasteiger partial charge on any atom is -0.456 e. The summed E-state index contributed by atoms with van der Waals surface area (Å²) < 4.78 is 19.4. The molecule has 0 unspecified atom stereocenters. The fourth-order valence-corrected chi connectivity index (χ4v) is 2.16. The van der Waals surface area contributed by atoms with E-state index in [9.17, 15) is 4.39 Å². The van der Waals surface area contributed by atoms with Crippen LogP contribution in [0.2, 0.25) is 5.02 Å². The number of hydrogen-bond acceptors (Lipinski definition) is 2. The van der Waals surface area contributed by atoms with Crippen molar-refractivity contribution < 1.29 is 9.13 Å². The molecule has 4 heteroatoms. The van der Waals surface area contributed by atoms with Gasteiger partial charge >= 0.3 is 0 Å². The van der Waals surface area contributed by atoms with E-state index in [0.717, 1.165) is 24.1 Å². The van der Waals surface area contributed by atoms with Crippen molar-refractivity contribution in [3.63, 3.8) is 0 Å². The Morgan fingerprint density at radius 3 is 2.76 bits per heavy atom. The van der Waals surface area contributed by atoms with Gasteiger partial charge in [0.2, 0.25) is 0 Å². The van der Waals surface area contributed by atoms with Crippen LogP contribution < -0.4 is 10.1 Å². The van der Waals surface area contributed by atoms with Crippen LogP contribution in [-0.2, 0) is 6.54 Å². The molecular weight excluding hydrogens is 289 g/mol. The predicted octanol–water partition coefficient (Wildman–Crippen LogP) is 5.08. The topological polar surface area (TPSA) is 21.3 Å². The molecule has 0 aliphatic carbocycles. The smallest absolute Gasteiger partial charge is 0.146 e. The molecule has 0 aromatic heterocycles. The average Bonchev–Trinajstić information content (AvgIpc) is 2.43. The van der Waals surface area contributed by atoms with Gasteiger partial charge in [0.1, 0.15) is 17.3 Å². The highest BCUT2D eigenvalue weighted by atomic mass is 35.5. The van der Waals surface area contributed by atoms with Gasteiger partial charge in [-0.15, -0.1) is 0 Å². The summed E-state index contributed by atoms with van der Waals surface area (Å²) >= 11 is 6.10. The van der Waals surface area contributed by atoms with Crippen LogP contribution in [0.1, 0.15) is 24.5 Å². The van der Waals surface area contributed by atoms with Crippen molar-refractivity contribution in [1.29, 1.82) is 0 Å². The van der Waals surface area contributed by atoms with Gasteiger partial charge in [-0.25, -0.2) is 4.39 Å². The number of hydrogen-bond donors (Lipinski definition) is 1. The molecule has 112 valence electrons.